The molecule has 5 rings (SSSR count). The molecule has 1 aliphatic rings. The molecule has 0 saturated carbocycles. The number of pyridine rings is 1. The number of amides is 1. The summed E-state index contributed by atoms with van der Waals surface area (Å²) in [5.41, 5.74) is 3.79. The van der Waals surface area contributed by atoms with Crippen LogP contribution in [0, 0.1) is 12.8 Å². The van der Waals surface area contributed by atoms with Crippen molar-refractivity contribution in [3.63, 3.8) is 0 Å². The molecule has 2 N–H and O–H groups in total. The van der Waals surface area contributed by atoms with Crippen molar-refractivity contribution in [3.8, 4) is 5.75 Å². The maximum atomic E-state index is 12.8. The van der Waals surface area contributed by atoms with Crippen LogP contribution in [0.2, 0.25) is 5.02 Å². The lowest BCUT2D eigenvalue weighted by atomic mass is 10.0. The maximum absolute atomic E-state index is 12.8. The summed E-state index contributed by atoms with van der Waals surface area (Å²) in [4.78, 5) is 30.3. The number of fused-ring (bicyclic) bond motifs is 3. The summed E-state index contributed by atoms with van der Waals surface area (Å²) in [6.07, 6.45) is 5.89. The van der Waals surface area contributed by atoms with Gasteiger partial charge in [0.25, 0.3) is 0 Å². The largest absolute Gasteiger partial charge is 0.486 e. The number of carbonyl (C=O) groups is 1. The first-order valence-corrected chi connectivity index (χ1v) is 14.6. The Hall–Kier alpha value is -3.53. The average molecular weight is 577 g/mol. The summed E-state index contributed by atoms with van der Waals surface area (Å²) in [7, 11) is 0. The fraction of sp³-hybridized carbons (Fsp3) is 0.333. The van der Waals surface area contributed by atoms with Crippen molar-refractivity contribution in [2.75, 3.05) is 25.0 Å². The predicted molar refractivity (Wildman–Crippen MR) is 161 cm³/mol. The number of nitrogens with one attached hydrogen (secondary N) is 2. The Morgan fingerprint density at radius 2 is 2.12 bits per heavy atom. The van der Waals surface area contributed by atoms with Crippen LogP contribution in [0.25, 0.3) is 10.2 Å². The van der Waals surface area contributed by atoms with Crippen LogP contribution in [0.4, 0.5) is 11.5 Å². The van der Waals surface area contributed by atoms with E-state index in [1.54, 1.807) is 23.7 Å². The van der Waals surface area contributed by atoms with Gasteiger partial charge in [0.2, 0.25) is 5.91 Å². The highest BCUT2D eigenvalue weighted by atomic mass is 35.5. The van der Waals surface area contributed by atoms with E-state index >= 15 is 0 Å². The zero-order chi connectivity index (χ0) is 28.1. The molecule has 10 heteroatoms. The molecule has 0 aliphatic carbocycles. The first kappa shape index (κ1) is 28.0. The molecule has 1 aromatic carbocycles. The van der Waals surface area contributed by atoms with Crippen molar-refractivity contribution in [1.82, 2.24) is 25.2 Å². The third kappa shape index (κ3) is 6.78. The Morgan fingerprint density at radius 3 is 2.92 bits per heavy atom. The summed E-state index contributed by atoms with van der Waals surface area (Å²) in [6.45, 7) is 9.47. The van der Waals surface area contributed by atoms with Gasteiger partial charge in [-0.15, -0.1) is 11.3 Å². The fourth-order valence-corrected chi connectivity index (χ4v) is 6.03. The van der Waals surface area contributed by atoms with E-state index in [4.69, 9.17) is 16.3 Å². The molecule has 0 unspecified atom stereocenters. The van der Waals surface area contributed by atoms with Gasteiger partial charge in [0.05, 0.1) is 22.6 Å². The van der Waals surface area contributed by atoms with Crippen LogP contribution in [0.15, 0.2) is 54.9 Å². The Balaban J connectivity index is 1.26. The molecule has 1 aliphatic heterocycles. The van der Waals surface area contributed by atoms with Crippen molar-refractivity contribution >= 4 is 50.6 Å². The number of hydrogen-bond acceptors (Lipinski definition) is 8. The first-order chi connectivity index (χ1) is 19.4. The fourth-order valence-electron chi connectivity index (χ4n) is 4.60. The molecule has 0 spiro atoms. The van der Waals surface area contributed by atoms with E-state index in [0.717, 1.165) is 51.0 Å². The van der Waals surface area contributed by atoms with E-state index in [9.17, 15) is 4.79 Å². The highest BCUT2D eigenvalue weighted by Crippen LogP contribution is 2.38. The monoisotopic (exact) mass is 576 g/mol. The molecule has 1 amide bonds. The molecule has 40 heavy (non-hydrogen) atoms. The predicted octanol–water partition coefficient (Wildman–Crippen LogP) is 6.06. The number of benzene rings is 1. The van der Waals surface area contributed by atoms with Gasteiger partial charge in [-0.3, -0.25) is 9.78 Å². The van der Waals surface area contributed by atoms with Crippen molar-refractivity contribution in [2.45, 2.75) is 40.3 Å². The molecule has 4 heterocycles. The molecule has 0 radical (unpaired) electrons. The molecule has 4 aromatic rings. The number of aromatic nitrogens is 3. The lowest BCUT2D eigenvalue weighted by Gasteiger charge is -2.26. The minimum atomic E-state index is 0.0361. The third-order valence-corrected chi connectivity index (χ3v) is 7.96. The van der Waals surface area contributed by atoms with Gasteiger partial charge in [-0.2, -0.15) is 0 Å². The van der Waals surface area contributed by atoms with E-state index in [2.05, 4.69) is 39.4 Å². The van der Waals surface area contributed by atoms with E-state index in [1.807, 2.05) is 54.3 Å². The summed E-state index contributed by atoms with van der Waals surface area (Å²) >= 11 is 8.17. The van der Waals surface area contributed by atoms with Crippen molar-refractivity contribution in [2.24, 2.45) is 5.92 Å². The first-order valence-electron chi connectivity index (χ1n) is 13.4. The van der Waals surface area contributed by atoms with Crippen molar-refractivity contribution < 1.29 is 9.53 Å². The van der Waals surface area contributed by atoms with Crippen LogP contribution in [0.1, 0.15) is 35.7 Å². The molecular weight excluding hydrogens is 544 g/mol. The summed E-state index contributed by atoms with van der Waals surface area (Å²) in [5.74, 6) is 1.93. The van der Waals surface area contributed by atoms with E-state index in [1.165, 1.54) is 5.56 Å². The van der Waals surface area contributed by atoms with Crippen LogP contribution < -0.4 is 15.4 Å². The number of ether oxygens (including phenoxy) is 1. The van der Waals surface area contributed by atoms with E-state index in [-0.39, 0.29) is 5.91 Å². The van der Waals surface area contributed by atoms with Crippen LogP contribution in [0.3, 0.4) is 0 Å². The van der Waals surface area contributed by atoms with Crippen LogP contribution in [0.5, 0.6) is 5.75 Å². The minimum Gasteiger partial charge on any atom is -0.486 e. The number of nitrogens with zero attached hydrogens (tertiary/aromatic N) is 4. The van der Waals surface area contributed by atoms with Gasteiger partial charge in [-0.25, -0.2) is 9.97 Å². The summed E-state index contributed by atoms with van der Waals surface area (Å²) in [5, 5.41) is 8.25. The summed E-state index contributed by atoms with van der Waals surface area (Å²) in [6, 6.07) is 11.4. The Morgan fingerprint density at radius 1 is 1.25 bits per heavy atom. The molecule has 208 valence electrons. The molecule has 0 bridgehead atoms. The number of carbonyl (C=O) groups excluding carboxylic acids is 1. The van der Waals surface area contributed by atoms with E-state index in [0.29, 0.717) is 42.9 Å². The number of hydrogen-bond donors (Lipinski definition) is 2. The minimum absolute atomic E-state index is 0.0361. The van der Waals surface area contributed by atoms with Gasteiger partial charge in [0.15, 0.2) is 0 Å². The van der Waals surface area contributed by atoms with Crippen molar-refractivity contribution in [3.05, 3.63) is 81.7 Å². The Labute approximate surface area is 243 Å². The number of thiophene rings is 1. The van der Waals surface area contributed by atoms with Crippen LogP contribution in [-0.4, -0.2) is 45.4 Å². The summed E-state index contributed by atoms with van der Waals surface area (Å²) < 4.78 is 5.90. The maximum Gasteiger partial charge on any atom is 0.246 e. The second-order valence-electron chi connectivity index (χ2n) is 10.2. The molecular formula is C30H33ClN6O2S. The zero-order valence-corrected chi connectivity index (χ0v) is 24.5. The standard InChI is InChI=1S/C30H33ClN6O2S/c1-19(2)15-32-12-5-8-27(38)37-13-11-23-26(16-37)40-30-28(23)29(33-18-34-30)36-21-9-10-25(24(31)14-21)39-17-22-7-4-6-20(3)35-22/h4-10,14,18-19,32H,11-13,15-17H2,1-3H3,(H,33,34,36)/b8-5+. The topological polar surface area (TPSA) is 92.3 Å². The molecule has 0 atom stereocenters. The van der Waals surface area contributed by atoms with Crippen molar-refractivity contribution in [1.29, 1.82) is 0 Å². The molecule has 0 fully saturated rings. The van der Waals surface area contributed by atoms with Gasteiger partial charge in [0, 0.05) is 35.4 Å². The highest BCUT2D eigenvalue weighted by Gasteiger charge is 2.25. The number of aryl methyl sites for hydroxylation is 1. The number of halogens is 1. The second kappa shape index (κ2) is 12.8. The number of anilines is 2. The molecule has 3 aromatic heterocycles. The van der Waals surface area contributed by atoms with Gasteiger partial charge >= 0.3 is 0 Å². The smallest absolute Gasteiger partial charge is 0.246 e. The Bertz CT molecular complexity index is 1540. The SMILES string of the molecule is Cc1cccc(COc2ccc(Nc3ncnc4sc5c(c34)CCN(C(=O)/C=C/CNCC(C)C)C5)cc2Cl)n1. The lowest BCUT2D eigenvalue weighted by molar-refractivity contribution is -0.126. The average Bonchev–Trinajstić information content (AvgIpc) is 3.31. The van der Waals surface area contributed by atoms with Gasteiger partial charge in [-0.1, -0.05) is 37.6 Å². The molecule has 8 nitrogen and oxygen atoms in total. The number of rotatable bonds is 10. The van der Waals surface area contributed by atoms with Gasteiger partial charge < -0.3 is 20.3 Å². The molecule has 0 saturated heterocycles. The highest BCUT2D eigenvalue weighted by molar-refractivity contribution is 7.19. The second-order valence-corrected chi connectivity index (χ2v) is 11.7. The van der Waals surface area contributed by atoms with Gasteiger partial charge in [-0.05, 0) is 61.7 Å². The van der Waals surface area contributed by atoms with Gasteiger partial charge in [0.1, 0.15) is 29.3 Å². The third-order valence-electron chi connectivity index (χ3n) is 6.54. The lowest BCUT2D eigenvalue weighted by Crippen LogP contribution is -2.34. The Kier molecular flexibility index (Phi) is 8.94. The quantitative estimate of drug-likeness (QED) is 0.175. The normalized spacial score (nSPS) is 13.3. The zero-order valence-electron chi connectivity index (χ0n) is 22.9. The van der Waals surface area contributed by atoms with Crippen LogP contribution in [-0.2, 0) is 24.4 Å². The van der Waals surface area contributed by atoms with Crippen LogP contribution >= 0.6 is 22.9 Å². The van der Waals surface area contributed by atoms with E-state index < -0.39 is 0 Å².